The Labute approximate surface area is 155 Å². The van der Waals surface area contributed by atoms with Crippen molar-refractivity contribution in [1.82, 2.24) is 5.32 Å². The van der Waals surface area contributed by atoms with Gasteiger partial charge in [0.15, 0.2) is 0 Å². The Balaban J connectivity index is 2.15. The summed E-state index contributed by atoms with van der Waals surface area (Å²) >= 11 is 0. The van der Waals surface area contributed by atoms with Crippen molar-refractivity contribution in [2.75, 3.05) is 0 Å². The minimum absolute atomic E-state index is 0.163. The van der Waals surface area contributed by atoms with Gasteiger partial charge in [0.25, 0.3) is 0 Å². The number of hydrogen-bond donors (Lipinski definition) is 2. The first kappa shape index (κ1) is 20.5. The molecular formula is C23H39NO. The second kappa shape index (κ2) is 11.0. The lowest BCUT2D eigenvalue weighted by Gasteiger charge is -2.40. The predicted octanol–water partition coefficient (Wildman–Crippen LogP) is 5.63. The van der Waals surface area contributed by atoms with Crippen LogP contribution in [0.15, 0.2) is 30.3 Å². The van der Waals surface area contributed by atoms with Crippen molar-refractivity contribution < 1.29 is 5.11 Å². The van der Waals surface area contributed by atoms with E-state index in [0.29, 0.717) is 6.04 Å². The van der Waals surface area contributed by atoms with Crippen LogP contribution in [0, 0.1) is 0 Å². The highest BCUT2D eigenvalue weighted by Gasteiger charge is 2.36. The molecule has 0 spiro atoms. The molecule has 25 heavy (non-hydrogen) atoms. The average Bonchev–Trinajstić information content (AvgIpc) is 2.66. The quantitative estimate of drug-likeness (QED) is 0.544. The Hall–Kier alpha value is -0.860. The average molecular weight is 346 g/mol. The first-order valence-electron chi connectivity index (χ1n) is 10.7. The first-order valence-corrected chi connectivity index (χ1v) is 10.7. The lowest BCUT2D eigenvalue weighted by molar-refractivity contribution is -0.0226. The summed E-state index contributed by atoms with van der Waals surface area (Å²) in [5.74, 6) is 0. The van der Waals surface area contributed by atoms with Crippen LogP contribution in [-0.4, -0.2) is 22.8 Å². The molecule has 2 nitrogen and oxygen atoms in total. The Kier molecular flexibility index (Phi) is 8.98. The predicted molar refractivity (Wildman–Crippen MR) is 108 cm³/mol. The summed E-state index contributed by atoms with van der Waals surface area (Å²) in [6.07, 6.45) is 13.9. The van der Waals surface area contributed by atoms with Gasteiger partial charge in [-0.3, -0.25) is 0 Å². The van der Waals surface area contributed by atoms with Gasteiger partial charge in [-0.1, -0.05) is 89.1 Å². The van der Waals surface area contributed by atoms with Crippen molar-refractivity contribution in [2.24, 2.45) is 0 Å². The zero-order chi connectivity index (χ0) is 18.0. The Bertz CT molecular complexity index is 444. The maximum atomic E-state index is 11.7. The molecule has 0 amide bonds. The van der Waals surface area contributed by atoms with E-state index < -0.39 is 5.60 Å². The minimum atomic E-state index is -0.584. The maximum Gasteiger partial charge on any atom is 0.0803 e. The summed E-state index contributed by atoms with van der Waals surface area (Å²) in [7, 11) is 0. The molecule has 0 saturated heterocycles. The summed E-state index contributed by atoms with van der Waals surface area (Å²) in [6, 6.07) is 11.5. The molecule has 0 radical (unpaired) electrons. The fraction of sp³-hybridized carbons (Fsp3) is 0.739. The van der Waals surface area contributed by atoms with Gasteiger partial charge in [0.1, 0.15) is 0 Å². The third-order valence-corrected chi connectivity index (χ3v) is 5.90. The van der Waals surface area contributed by atoms with E-state index in [4.69, 9.17) is 0 Å². The van der Waals surface area contributed by atoms with E-state index in [0.717, 1.165) is 44.9 Å². The molecule has 1 saturated carbocycles. The fourth-order valence-corrected chi connectivity index (χ4v) is 4.25. The molecule has 0 heterocycles. The van der Waals surface area contributed by atoms with Gasteiger partial charge in [-0.05, 0) is 37.7 Å². The molecule has 0 unspecified atom stereocenters. The van der Waals surface area contributed by atoms with Gasteiger partial charge in [0.2, 0.25) is 0 Å². The largest absolute Gasteiger partial charge is 0.388 e. The van der Waals surface area contributed by atoms with Gasteiger partial charge in [0, 0.05) is 12.1 Å². The summed E-state index contributed by atoms with van der Waals surface area (Å²) in [4.78, 5) is 0. The smallest absolute Gasteiger partial charge is 0.0803 e. The van der Waals surface area contributed by atoms with Crippen LogP contribution in [0.5, 0.6) is 0 Å². The minimum Gasteiger partial charge on any atom is -0.388 e. The van der Waals surface area contributed by atoms with Crippen LogP contribution in [0.25, 0.3) is 0 Å². The number of rotatable bonds is 11. The summed E-state index contributed by atoms with van der Waals surface area (Å²) < 4.78 is 0. The van der Waals surface area contributed by atoms with Crippen molar-refractivity contribution >= 4 is 0 Å². The molecule has 1 aliphatic carbocycles. The van der Waals surface area contributed by atoms with Crippen LogP contribution < -0.4 is 5.32 Å². The summed E-state index contributed by atoms with van der Waals surface area (Å²) in [6.45, 7) is 4.45. The molecule has 1 fully saturated rings. The van der Waals surface area contributed by atoms with E-state index in [-0.39, 0.29) is 6.04 Å². The molecular weight excluding hydrogens is 306 g/mol. The van der Waals surface area contributed by atoms with Crippen LogP contribution in [0.1, 0.15) is 90.0 Å². The Morgan fingerprint density at radius 3 is 2.16 bits per heavy atom. The monoisotopic (exact) mass is 345 g/mol. The van der Waals surface area contributed by atoms with Crippen LogP contribution >= 0.6 is 0 Å². The number of hydrogen-bond acceptors (Lipinski definition) is 2. The van der Waals surface area contributed by atoms with E-state index in [2.05, 4.69) is 49.5 Å². The van der Waals surface area contributed by atoms with Crippen molar-refractivity contribution in [3.8, 4) is 0 Å². The third-order valence-electron chi connectivity index (χ3n) is 5.90. The molecule has 1 aromatic rings. The van der Waals surface area contributed by atoms with Gasteiger partial charge in [-0.15, -0.1) is 0 Å². The molecule has 1 aromatic carbocycles. The zero-order valence-electron chi connectivity index (χ0n) is 16.5. The molecule has 142 valence electrons. The molecule has 0 aliphatic heterocycles. The summed E-state index contributed by atoms with van der Waals surface area (Å²) in [5.41, 5.74) is 0.751. The molecule has 0 bridgehead atoms. The number of benzene rings is 1. The lowest BCUT2D eigenvalue weighted by Crippen LogP contribution is -2.55. The van der Waals surface area contributed by atoms with Crippen LogP contribution in [-0.2, 0) is 6.42 Å². The second-order valence-corrected chi connectivity index (χ2v) is 8.05. The van der Waals surface area contributed by atoms with Crippen LogP contribution in [0.2, 0.25) is 0 Å². The van der Waals surface area contributed by atoms with Gasteiger partial charge in [0.05, 0.1) is 5.60 Å². The maximum absolute atomic E-state index is 11.7. The standard InChI is InChI=1S/C23H39NO/c1-3-5-17-23(25,18-6-4-2)22(19-20-13-9-7-10-14-20)24-21-15-11-8-12-16-21/h7,9-10,13-14,21-22,24-25H,3-6,8,11-12,15-19H2,1-2H3/t22-/m0/s1. The van der Waals surface area contributed by atoms with Gasteiger partial charge < -0.3 is 10.4 Å². The highest BCUT2D eigenvalue weighted by molar-refractivity contribution is 5.17. The molecule has 2 N–H and O–H groups in total. The first-order chi connectivity index (χ1) is 12.2. The normalized spacial score (nSPS) is 17.6. The van der Waals surface area contributed by atoms with E-state index in [1.165, 1.54) is 37.7 Å². The van der Waals surface area contributed by atoms with E-state index in [1.807, 2.05) is 0 Å². The van der Waals surface area contributed by atoms with E-state index in [1.54, 1.807) is 0 Å². The van der Waals surface area contributed by atoms with Crippen LogP contribution in [0.3, 0.4) is 0 Å². The van der Waals surface area contributed by atoms with Crippen LogP contribution in [0.4, 0.5) is 0 Å². The molecule has 1 aliphatic rings. The van der Waals surface area contributed by atoms with Gasteiger partial charge in [-0.25, -0.2) is 0 Å². The molecule has 0 aromatic heterocycles. The highest BCUT2D eigenvalue weighted by Crippen LogP contribution is 2.29. The van der Waals surface area contributed by atoms with Crippen molar-refractivity contribution in [2.45, 2.75) is 109 Å². The number of unbranched alkanes of at least 4 members (excludes halogenated alkanes) is 2. The summed E-state index contributed by atoms with van der Waals surface area (Å²) in [5, 5.41) is 15.6. The number of aliphatic hydroxyl groups is 1. The molecule has 2 rings (SSSR count). The van der Waals surface area contributed by atoms with E-state index >= 15 is 0 Å². The Morgan fingerprint density at radius 1 is 1.00 bits per heavy atom. The molecule has 1 atom stereocenters. The molecule has 2 heteroatoms. The topological polar surface area (TPSA) is 32.3 Å². The van der Waals surface area contributed by atoms with E-state index in [9.17, 15) is 5.11 Å². The fourth-order valence-electron chi connectivity index (χ4n) is 4.25. The van der Waals surface area contributed by atoms with Crippen molar-refractivity contribution in [1.29, 1.82) is 0 Å². The van der Waals surface area contributed by atoms with Gasteiger partial charge >= 0.3 is 0 Å². The Morgan fingerprint density at radius 2 is 1.60 bits per heavy atom. The number of nitrogens with one attached hydrogen (secondary N) is 1. The zero-order valence-corrected chi connectivity index (χ0v) is 16.5. The van der Waals surface area contributed by atoms with Crippen molar-refractivity contribution in [3.63, 3.8) is 0 Å². The highest BCUT2D eigenvalue weighted by atomic mass is 16.3. The second-order valence-electron chi connectivity index (χ2n) is 8.05. The lowest BCUT2D eigenvalue weighted by atomic mass is 9.80. The van der Waals surface area contributed by atoms with Crippen molar-refractivity contribution in [3.05, 3.63) is 35.9 Å². The van der Waals surface area contributed by atoms with Gasteiger partial charge in [-0.2, -0.15) is 0 Å². The third kappa shape index (κ3) is 6.75. The SMILES string of the molecule is CCCCC(O)(CCCC)[C@H](Cc1ccccc1)NC1CCCCC1.